The Morgan fingerprint density at radius 1 is 1.31 bits per heavy atom. The fraction of sp³-hybridized carbons (Fsp3) is 0.750. The molecule has 1 radical (unpaired) electrons. The van der Waals surface area contributed by atoms with Crippen molar-refractivity contribution in [3.05, 3.63) is 6.92 Å². The summed E-state index contributed by atoms with van der Waals surface area (Å²) in [7, 11) is 0. The highest BCUT2D eigenvalue weighted by Crippen LogP contribution is 2.17. The third-order valence-electron chi connectivity index (χ3n) is 2.24. The SMILES string of the molecule is [CH2]CC#CCC(CCC)C(O)CC. The van der Waals surface area contributed by atoms with Gasteiger partial charge in [0, 0.05) is 12.8 Å². The topological polar surface area (TPSA) is 20.2 Å². The van der Waals surface area contributed by atoms with Crippen LogP contribution >= 0.6 is 0 Å². The van der Waals surface area contributed by atoms with Crippen molar-refractivity contribution >= 4 is 0 Å². The van der Waals surface area contributed by atoms with Crippen molar-refractivity contribution < 1.29 is 5.11 Å². The lowest BCUT2D eigenvalue weighted by Gasteiger charge is -2.18. The molecule has 75 valence electrons. The standard InChI is InChI=1S/C12H21O/c1-4-7-8-10-11(9-5-2)12(13)6-3/h11-13H,1,4-6,9-10H2,2-3H3. The van der Waals surface area contributed by atoms with Crippen LogP contribution in [0.3, 0.4) is 0 Å². The quantitative estimate of drug-likeness (QED) is 0.647. The number of aliphatic hydroxyl groups is 1. The van der Waals surface area contributed by atoms with Crippen molar-refractivity contribution in [2.75, 3.05) is 0 Å². The van der Waals surface area contributed by atoms with E-state index < -0.39 is 0 Å². The Hall–Kier alpha value is -0.480. The van der Waals surface area contributed by atoms with E-state index in [-0.39, 0.29) is 6.10 Å². The summed E-state index contributed by atoms with van der Waals surface area (Å²) in [5, 5.41) is 9.66. The van der Waals surface area contributed by atoms with Crippen molar-refractivity contribution in [2.24, 2.45) is 5.92 Å². The monoisotopic (exact) mass is 181 g/mol. The molecule has 0 spiro atoms. The van der Waals surface area contributed by atoms with Crippen LogP contribution in [0.2, 0.25) is 0 Å². The first-order valence-electron chi connectivity index (χ1n) is 5.19. The van der Waals surface area contributed by atoms with Crippen LogP contribution in [0.5, 0.6) is 0 Å². The molecule has 0 bridgehead atoms. The van der Waals surface area contributed by atoms with Crippen LogP contribution in [0.15, 0.2) is 0 Å². The average Bonchev–Trinajstić information content (AvgIpc) is 2.16. The zero-order chi connectivity index (χ0) is 10.1. The second kappa shape index (κ2) is 8.13. The van der Waals surface area contributed by atoms with Gasteiger partial charge in [-0.15, -0.1) is 11.8 Å². The predicted octanol–water partition coefficient (Wildman–Crippen LogP) is 2.79. The zero-order valence-electron chi connectivity index (χ0n) is 8.84. The molecule has 0 saturated carbocycles. The summed E-state index contributed by atoms with van der Waals surface area (Å²) in [6, 6.07) is 0. The van der Waals surface area contributed by atoms with Gasteiger partial charge >= 0.3 is 0 Å². The summed E-state index contributed by atoms with van der Waals surface area (Å²) >= 11 is 0. The minimum Gasteiger partial charge on any atom is -0.393 e. The smallest absolute Gasteiger partial charge is 0.0574 e. The minimum absolute atomic E-state index is 0.181. The molecule has 1 N–H and O–H groups in total. The van der Waals surface area contributed by atoms with Crippen molar-refractivity contribution in [1.29, 1.82) is 0 Å². The highest BCUT2D eigenvalue weighted by atomic mass is 16.3. The summed E-state index contributed by atoms with van der Waals surface area (Å²) in [5.74, 6) is 6.36. The van der Waals surface area contributed by atoms with Gasteiger partial charge in [-0.25, -0.2) is 0 Å². The van der Waals surface area contributed by atoms with Gasteiger partial charge in [-0.1, -0.05) is 20.3 Å². The molecule has 2 atom stereocenters. The van der Waals surface area contributed by atoms with E-state index in [2.05, 4.69) is 25.7 Å². The van der Waals surface area contributed by atoms with E-state index in [1.54, 1.807) is 0 Å². The molecule has 0 amide bonds. The predicted molar refractivity (Wildman–Crippen MR) is 57.1 cm³/mol. The van der Waals surface area contributed by atoms with E-state index in [9.17, 15) is 5.11 Å². The normalized spacial score (nSPS) is 14.5. The fourth-order valence-electron chi connectivity index (χ4n) is 1.43. The summed E-state index contributed by atoms with van der Waals surface area (Å²) in [5.41, 5.74) is 0. The van der Waals surface area contributed by atoms with Crippen LogP contribution in [0.4, 0.5) is 0 Å². The highest BCUT2D eigenvalue weighted by molar-refractivity contribution is 5.01. The van der Waals surface area contributed by atoms with E-state index >= 15 is 0 Å². The van der Waals surface area contributed by atoms with Gasteiger partial charge in [0.05, 0.1) is 6.10 Å². The Labute approximate surface area is 82.5 Å². The van der Waals surface area contributed by atoms with E-state index in [4.69, 9.17) is 0 Å². The first-order chi connectivity index (χ1) is 6.26. The zero-order valence-corrected chi connectivity index (χ0v) is 8.84. The van der Waals surface area contributed by atoms with Crippen molar-refractivity contribution in [2.45, 2.75) is 52.1 Å². The van der Waals surface area contributed by atoms with Gasteiger partial charge in [0.1, 0.15) is 0 Å². The van der Waals surface area contributed by atoms with Gasteiger partial charge in [-0.05, 0) is 25.7 Å². The molecule has 0 heterocycles. The minimum atomic E-state index is -0.181. The molecule has 0 saturated heterocycles. The maximum Gasteiger partial charge on any atom is 0.0574 e. The van der Waals surface area contributed by atoms with Gasteiger partial charge in [-0.3, -0.25) is 0 Å². The first kappa shape index (κ1) is 12.5. The molecule has 0 aromatic heterocycles. The molecule has 0 fully saturated rings. The molecule has 0 aliphatic rings. The van der Waals surface area contributed by atoms with E-state index in [0.29, 0.717) is 12.3 Å². The first-order valence-corrected chi connectivity index (χ1v) is 5.19. The number of aliphatic hydroxyl groups excluding tert-OH is 1. The molecule has 2 unspecified atom stereocenters. The second-order valence-electron chi connectivity index (χ2n) is 3.33. The van der Waals surface area contributed by atoms with Crippen LogP contribution in [0, 0.1) is 24.7 Å². The van der Waals surface area contributed by atoms with E-state index in [0.717, 1.165) is 25.7 Å². The van der Waals surface area contributed by atoms with Crippen LogP contribution < -0.4 is 0 Å². The molecule has 1 heteroatoms. The lowest BCUT2D eigenvalue weighted by atomic mass is 9.92. The molecule has 0 aliphatic carbocycles. The Kier molecular flexibility index (Phi) is 7.83. The lowest BCUT2D eigenvalue weighted by Crippen LogP contribution is -2.18. The number of hydrogen-bond donors (Lipinski definition) is 1. The van der Waals surface area contributed by atoms with Crippen LogP contribution in [-0.4, -0.2) is 11.2 Å². The average molecular weight is 181 g/mol. The Bertz CT molecular complexity index is 164. The van der Waals surface area contributed by atoms with Crippen LogP contribution in [-0.2, 0) is 0 Å². The molecular formula is C12H21O. The van der Waals surface area contributed by atoms with Gasteiger partial charge in [-0.2, -0.15) is 0 Å². The van der Waals surface area contributed by atoms with Crippen molar-refractivity contribution in [3.8, 4) is 11.8 Å². The Morgan fingerprint density at radius 2 is 2.00 bits per heavy atom. The third kappa shape index (κ3) is 5.71. The van der Waals surface area contributed by atoms with Gasteiger partial charge in [0.15, 0.2) is 0 Å². The van der Waals surface area contributed by atoms with Crippen LogP contribution in [0.25, 0.3) is 0 Å². The third-order valence-corrected chi connectivity index (χ3v) is 2.24. The maximum atomic E-state index is 9.66. The molecular weight excluding hydrogens is 160 g/mol. The van der Waals surface area contributed by atoms with E-state index in [1.807, 2.05) is 6.92 Å². The molecule has 0 aromatic rings. The lowest BCUT2D eigenvalue weighted by molar-refractivity contribution is 0.100. The molecule has 1 nitrogen and oxygen atoms in total. The number of hydrogen-bond acceptors (Lipinski definition) is 1. The van der Waals surface area contributed by atoms with Gasteiger partial charge in [0.2, 0.25) is 0 Å². The fourth-order valence-corrected chi connectivity index (χ4v) is 1.43. The molecule has 0 rings (SSSR count). The number of rotatable bonds is 5. The second-order valence-corrected chi connectivity index (χ2v) is 3.33. The largest absolute Gasteiger partial charge is 0.393 e. The summed E-state index contributed by atoms with van der Waals surface area (Å²) in [6.07, 6.45) is 4.32. The van der Waals surface area contributed by atoms with E-state index in [1.165, 1.54) is 0 Å². The summed E-state index contributed by atoms with van der Waals surface area (Å²) in [6.45, 7) is 7.82. The van der Waals surface area contributed by atoms with Crippen LogP contribution in [0.1, 0.15) is 46.0 Å². The Balaban J connectivity index is 3.93. The van der Waals surface area contributed by atoms with Crippen molar-refractivity contribution in [1.82, 2.24) is 0 Å². The van der Waals surface area contributed by atoms with Gasteiger partial charge < -0.3 is 5.11 Å². The molecule has 0 aliphatic heterocycles. The maximum absolute atomic E-state index is 9.66. The highest BCUT2D eigenvalue weighted by Gasteiger charge is 2.14. The Morgan fingerprint density at radius 3 is 2.46 bits per heavy atom. The molecule has 0 aromatic carbocycles. The van der Waals surface area contributed by atoms with Gasteiger partial charge in [0.25, 0.3) is 0 Å². The van der Waals surface area contributed by atoms with Crippen molar-refractivity contribution in [3.63, 3.8) is 0 Å². The summed E-state index contributed by atoms with van der Waals surface area (Å²) < 4.78 is 0. The molecule has 13 heavy (non-hydrogen) atoms. The summed E-state index contributed by atoms with van der Waals surface area (Å²) in [4.78, 5) is 0.